The van der Waals surface area contributed by atoms with Crippen molar-refractivity contribution in [3.63, 3.8) is 0 Å². The van der Waals surface area contributed by atoms with Crippen LogP contribution in [-0.4, -0.2) is 16.1 Å². The summed E-state index contributed by atoms with van der Waals surface area (Å²) < 4.78 is 0.982. The van der Waals surface area contributed by atoms with Crippen LogP contribution in [0.4, 0.5) is 0 Å². The zero-order valence-electron chi connectivity index (χ0n) is 10.6. The van der Waals surface area contributed by atoms with E-state index in [0.29, 0.717) is 18.0 Å². The van der Waals surface area contributed by atoms with Gasteiger partial charge in [-0.15, -0.1) is 0 Å². The van der Waals surface area contributed by atoms with Crippen LogP contribution in [0.15, 0.2) is 47.1 Å². The van der Waals surface area contributed by atoms with E-state index in [1.165, 1.54) is 0 Å². The van der Waals surface area contributed by atoms with E-state index in [1.54, 1.807) is 12.3 Å². The molecule has 0 spiro atoms. The van der Waals surface area contributed by atoms with Crippen molar-refractivity contribution >= 4 is 33.5 Å². The monoisotopic (exact) mass is 353 g/mol. The first kappa shape index (κ1) is 15.0. The number of halogens is 2. The molecule has 3 nitrogen and oxygen atoms in total. The molecule has 1 heterocycles. The first-order valence-corrected chi connectivity index (χ1v) is 7.29. The molecule has 1 atom stereocenters. The quantitative estimate of drug-likeness (QED) is 0.826. The van der Waals surface area contributed by atoms with Crippen molar-refractivity contribution in [3.8, 4) is 0 Å². The van der Waals surface area contributed by atoms with Gasteiger partial charge in [0.05, 0.1) is 5.92 Å². The number of aliphatic carboxylic acids is 1. The Hall–Kier alpha value is -1.39. The Morgan fingerprint density at radius 3 is 2.30 bits per heavy atom. The topological polar surface area (TPSA) is 50.2 Å². The molecule has 0 radical (unpaired) electrons. The van der Waals surface area contributed by atoms with Gasteiger partial charge < -0.3 is 5.11 Å². The average Bonchev–Trinajstić information content (AvgIpc) is 2.42. The number of carbonyl (C=O) groups is 1. The highest BCUT2D eigenvalue weighted by Gasteiger charge is 2.18. The Morgan fingerprint density at radius 1 is 1.15 bits per heavy atom. The molecule has 2 rings (SSSR count). The molecular weight excluding hydrogens is 342 g/mol. The normalized spacial score (nSPS) is 12.1. The fourth-order valence-electron chi connectivity index (χ4n) is 1.96. The Kier molecular flexibility index (Phi) is 5.15. The fraction of sp³-hybridized carbons (Fsp3) is 0.200. The van der Waals surface area contributed by atoms with E-state index in [9.17, 15) is 9.90 Å². The van der Waals surface area contributed by atoms with Gasteiger partial charge in [-0.05, 0) is 42.2 Å². The molecule has 0 saturated carbocycles. The van der Waals surface area contributed by atoms with Crippen LogP contribution in [-0.2, 0) is 17.6 Å². The van der Waals surface area contributed by atoms with Crippen LogP contribution in [0.25, 0.3) is 0 Å². The molecule has 104 valence electrons. The molecule has 0 amide bonds. The zero-order chi connectivity index (χ0) is 14.5. The molecule has 0 bridgehead atoms. The number of hydrogen-bond acceptors (Lipinski definition) is 2. The van der Waals surface area contributed by atoms with Crippen LogP contribution in [0, 0.1) is 5.92 Å². The summed E-state index contributed by atoms with van der Waals surface area (Å²) in [7, 11) is 0. The number of carboxylic acid groups (broad SMARTS) is 1. The number of hydrogen-bond donors (Lipinski definition) is 1. The predicted octanol–water partition coefficient (Wildman–Crippen LogP) is 3.98. The van der Waals surface area contributed by atoms with Gasteiger partial charge >= 0.3 is 5.97 Å². The molecule has 1 N–H and O–H groups in total. The number of aromatic nitrogens is 1. The fourth-order valence-corrected chi connectivity index (χ4v) is 2.34. The molecule has 1 aromatic heterocycles. The first-order valence-electron chi connectivity index (χ1n) is 6.12. The lowest BCUT2D eigenvalue weighted by molar-refractivity contribution is -0.141. The summed E-state index contributed by atoms with van der Waals surface area (Å²) in [4.78, 5) is 15.4. The highest BCUT2D eigenvalue weighted by atomic mass is 79.9. The summed E-state index contributed by atoms with van der Waals surface area (Å²) in [6.45, 7) is 0. The first-order chi connectivity index (χ1) is 9.54. The molecule has 0 aliphatic heterocycles. The summed E-state index contributed by atoms with van der Waals surface area (Å²) in [5.41, 5.74) is 1.88. The van der Waals surface area contributed by atoms with Gasteiger partial charge in [0.2, 0.25) is 0 Å². The van der Waals surface area contributed by atoms with Gasteiger partial charge in [-0.25, -0.2) is 4.98 Å². The van der Waals surface area contributed by atoms with Gasteiger partial charge in [0.15, 0.2) is 0 Å². The van der Waals surface area contributed by atoms with Gasteiger partial charge in [0, 0.05) is 10.7 Å². The van der Waals surface area contributed by atoms with Crippen LogP contribution in [0.3, 0.4) is 0 Å². The minimum Gasteiger partial charge on any atom is -0.481 e. The summed E-state index contributed by atoms with van der Waals surface area (Å²) in [6, 6.07) is 11.2. The number of nitrogens with zero attached hydrogens (tertiary/aromatic N) is 1. The summed E-state index contributed by atoms with van der Waals surface area (Å²) in [6.07, 6.45) is 2.56. The molecule has 1 unspecified atom stereocenters. The van der Waals surface area contributed by atoms with E-state index in [0.717, 1.165) is 15.6 Å². The molecule has 20 heavy (non-hydrogen) atoms. The maximum atomic E-state index is 11.4. The Morgan fingerprint density at radius 2 is 1.75 bits per heavy atom. The van der Waals surface area contributed by atoms with Crippen molar-refractivity contribution in [2.24, 2.45) is 5.92 Å². The van der Waals surface area contributed by atoms with E-state index in [1.807, 2.05) is 30.3 Å². The number of benzene rings is 1. The third-order valence-electron chi connectivity index (χ3n) is 3.02. The standard InChI is InChI=1S/C15H13BrClNO2/c16-13-4-1-10(2-5-13)7-12(15(19)20)8-11-3-6-14(17)18-9-11/h1-6,9,12H,7-8H2,(H,19,20). The summed E-state index contributed by atoms with van der Waals surface area (Å²) in [5.74, 6) is -1.28. The van der Waals surface area contributed by atoms with Gasteiger partial charge in [0.25, 0.3) is 0 Å². The Bertz CT molecular complexity index is 536. The van der Waals surface area contributed by atoms with E-state index in [-0.39, 0.29) is 0 Å². The minimum absolute atomic E-state index is 0.411. The molecule has 5 heteroatoms. The van der Waals surface area contributed by atoms with Crippen LogP contribution in [0.5, 0.6) is 0 Å². The van der Waals surface area contributed by atoms with Crippen molar-refractivity contribution in [2.45, 2.75) is 12.8 Å². The van der Waals surface area contributed by atoms with Gasteiger partial charge in [-0.1, -0.05) is 45.7 Å². The molecular formula is C15H13BrClNO2. The maximum absolute atomic E-state index is 11.4. The van der Waals surface area contributed by atoms with Gasteiger partial charge in [-0.3, -0.25) is 4.79 Å². The Labute approximate surface area is 130 Å². The zero-order valence-corrected chi connectivity index (χ0v) is 12.9. The summed E-state index contributed by atoms with van der Waals surface area (Å²) in [5, 5.41) is 9.76. The lowest BCUT2D eigenvalue weighted by atomic mass is 9.93. The molecule has 1 aromatic carbocycles. The molecule has 0 aliphatic rings. The second-order valence-electron chi connectivity index (χ2n) is 4.56. The minimum atomic E-state index is -0.803. The van der Waals surface area contributed by atoms with Crippen molar-refractivity contribution in [1.29, 1.82) is 0 Å². The number of carboxylic acids is 1. The number of pyridine rings is 1. The third kappa shape index (κ3) is 4.32. The van der Waals surface area contributed by atoms with Crippen molar-refractivity contribution in [2.75, 3.05) is 0 Å². The highest BCUT2D eigenvalue weighted by Crippen LogP contribution is 2.18. The van der Waals surface area contributed by atoms with Crippen molar-refractivity contribution in [3.05, 3.63) is 63.3 Å². The van der Waals surface area contributed by atoms with E-state index in [2.05, 4.69) is 20.9 Å². The van der Waals surface area contributed by atoms with Crippen LogP contribution < -0.4 is 0 Å². The van der Waals surface area contributed by atoms with Crippen molar-refractivity contribution in [1.82, 2.24) is 4.98 Å². The molecule has 0 aliphatic carbocycles. The largest absolute Gasteiger partial charge is 0.481 e. The SMILES string of the molecule is O=C(O)C(Cc1ccc(Br)cc1)Cc1ccc(Cl)nc1. The van der Waals surface area contributed by atoms with Crippen molar-refractivity contribution < 1.29 is 9.90 Å². The Balaban J connectivity index is 2.09. The average molecular weight is 355 g/mol. The second-order valence-corrected chi connectivity index (χ2v) is 5.86. The maximum Gasteiger partial charge on any atom is 0.307 e. The van der Waals surface area contributed by atoms with Crippen LogP contribution >= 0.6 is 27.5 Å². The predicted molar refractivity (Wildman–Crippen MR) is 81.9 cm³/mol. The lowest BCUT2D eigenvalue weighted by Gasteiger charge is -2.12. The van der Waals surface area contributed by atoms with Crippen LogP contribution in [0.2, 0.25) is 5.15 Å². The smallest absolute Gasteiger partial charge is 0.307 e. The van der Waals surface area contributed by atoms with E-state index in [4.69, 9.17) is 11.6 Å². The number of rotatable bonds is 5. The lowest BCUT2D eigenvalue weighted by Crippen LogP contribution is -2.19. The molecule has 2 aromatic rings. The molecule has 0 fully saturated rings. The van der Waals surface area contributed by atoms with Crippen LogP contribution in [0.1, 0.15) is 11.1 Å². The van der Waals surface area contributed by atoms with Gasteiger partial charge in [0.1, 0.15) is 5.15 Å². The van der Waals surface area contributed by atoms with Gasteiger partial charge in [-0.2, -0.15) is 0 Å². The second kappa shape index (κ2) is 6.86. The third-order valence-corrected chi connectivity index (χ3v) is 3.77. The van der Waals surface area contributed by atoms with E-state index < -0.39 is 11.9 Å². The molecule has 0 saturated heterocycles. The van der Waals surface area contributed by atoms with E-state index >= 15 is 0 Å². The highest BCUT2D eigenvalue weighted by molar-refractivity contribution is 9.10. The summed E-state index contributed by atoms with van der Waals surface area (Å²) >= 11 is 9.09.